The predicted molar refractivity (Wildman–Crippen MR) is 283 cm³/mol. The first-order valence-corrected chi connectivity index (χ1v) is 25.2. The maximum atomic E-state index is 16.7. The lowest BCUT2D eigenvalue weighted by atomic mass is 9.77. The Labute approximate surface area is 422 Å². The van der Waals surface area contributed by atoms with Crippen LogP contribution < -0.4 is 9.47 Å². The fourth-order valence-electron chi connectivity index (χ4n) is 11.0. The van der Waals surface area contributed by atoms with E-state index in [0.29, 0.717) is 47.4 Å². The number of carbonyl (C=O) groups is 1. The van der Waals surface area contributed by atoms with E-state index in [1.165, 1.54) is 0 Å². The molecule has 11 rings (SSSR count). The average Bonchev–Trinajstić information content (AvgIpc) is 3.81. The first-order chi connectivity index (χ1) is 34.8. The number of piperazine rings is 1. The summed E-state index contributed by atoms with van der Waals surface area (Å²) >= 11 is 0. The molecule has 370 valence electrons. The van der Waals surface area contributed by atoms with Crippen LogP contribution in [0.4, 0.5) is 9.18 Å². The Hall–Kier alpha value is -7.08. The molecule has 1 amide bonds. The fraction of sp³-hybridized carbons (Fsp3) is 0.328. The molecule has 0 unspecified atom stereocenters. The molecular weight excluding hydrogens is 902 g/mol. The summed E-state index contributed by atoms with van der Waals surface area (Å²) in [7, 11) is 1.66. The van der Waals surface area contributed by atoms with Crippen LogP contribution in [0, 0.1) is 12.7 Å². The third kappa shape index (κ3) is 9.20. The zero-order chi connectivity index (χ0) is 50.3. The molecule has 4 atom stereocenters. The number of hydrogen-bond donors (Lipinski definition) is 1. The van der Waals surface area contributed by atoms with Crippen molar-refractivity contribution in [1.29, 1.82) is 0 Å². The number of likely N-dealkylation sites (tertiary alicyclic amines) is 2. The second-order valence-electron chi connectivity index (χ2n) is 20.7. The van der Waals surface area contributed by atoms with Crippen LogP contribution in [0.2, 0.25) is 0 Å². The van der Waals surface area contributed by atoms with E-state index in [1.54, 1.807) is 18.1 Å². The van der Waals surface area contributed by atoms with E-state index >= 15 is 4.39 Å². The van der Waals surface area contributed by atoms with Gasteiger partial charge in [0.05, 0.1) is 11.6 Å². The Morgan fingerprint density at radius 1 is 0.792 bits per heavy atom. The summed E-state index contributed by atoms with van der Waals surface area (Å²) in [5, 5.41) is 16.0. The molecule has 3 fully saturated rings. The van der Waals surface area contributed by atoms with E-state index in [0.717, 1.165) is 75.5 Å². The van der Waals surface area contributed by atoms with Crippen molar-refractivity contribution in [2.45, 2.75) is 102 Å². The van der Waals surface area contributed by atoms with Gasteiger partial charge in [-0.1, -0.05) is 121 Å². The molecule has 0 radical (unpaired) electrons. The highest BCUT2D eigenvalue weighted by molar-refractivity contribution is 6.04. The molecule has 1 aliphatic carbocycles. The topological polar surface area (TPSA) is 102 Å². The normalized spacial score (nSPS) is 17.7. The quantitative estimate of drug-likeness (QED) is 0.114. The minimum Gasteiger partial charge on any atom is -0.483 e. The summed E-state index contributed by atoms with van der Waals surface area (Å²) in [6, 6.07) is 49.9. The van der Waals surface area contributed by atoms with Gasteiger partial charge in [0.15, 0.2) is 5.75 Å². The summed E-state index contributed by atoms with van der Waals surface area (Å²) < 4.78 is 37.5. The van der Waals surface area contributed by atoms with Crippen LogP contribution in [0.25, 0.3) is 32.9 Å². The Bertz CT molecular complexity index is 3100. The van der Waals surface area contributed by atoms with Crippen molar-refractivity contribution < 1.29 is 28.5 Å². The average molecular weight is 966 g/mol. The van der Waals surface area contributed by atoms with Crippen LogP contribution in [-0.2, 0) is 10.3 Å². The van der Waals surface area contributed by atoms with E-state index in [1.807, 2.05) is 67.1 Å². The number of aromatic nitrogens is 3. The molecule has 8 aromatic rings. The number of carboxylic acid groups (broad SMARTS) is 1. The number of nitrogens with zero attached hydrogens (tertiary/aromatic N) is 5. The van der Waals surface area contributed by atoms with Crippen molar-refractivity contribution in [3.63, 3.8) is 0 Å². The number of methoxy groups -OCH3 is 1. The highest BCUT2D eigenvalue weighted by Crippen LogP contribution is 2.53. The first-order valence-electron chi connectivity index (χ1n) is 25.2. The minimum absolute atomic E-state index is 0.117. The van der Waals surface area contributed by atoms with Gasteiger partial charge in [-0.3, -0.25) is 9.58 Å². The molecule has 2 aromatic heterocycles. The number of hydrogen-bond acceptors (Lipinski definition) is 7. The minimum atomic E-state index is -0.887. The summed E-state index contributed by atoms with van der Waals surface area (Å²) in [5.74, 6) is 1.02. The highest BCUT2D eigenvalue weighted by Gasteiger charge is 2.48. The Morgan fingerprint density at radius 2 is 1.39 bits per heavy atom. The fourth-order valence-corrected chi connectivity index (χ4v) is 11.0. The molecule has 10 nitrogen and oxygen atoms in total. The second-order valence-corrected chi connectivity index (χ2v) is 20.7. The van der Waals surface area contributed by atoms with Gasteiger partial charge in [-0.05, 0) is 112 Å². The lowest BCUT2D eigenvalue weighted by molar-refractivity contribution is 0.0559. The van der Waals surface area contributed by atoms with Gasteiger partial charge in [0.25, 0.3) is 0 Å². The molecule has 3 aliphatic rings. The van der Waals surface area contributed by atoms with Gasteiger partial charge in [0, 0.05) is 78.1 Å². The standard InChI is InChI=1S/C51H46FN3O3.C10H18N2O2/c1-33(56-4)32-57-46-28-27-38-29-42(37-25-26-37)48(50(49(38)53-46)58-35(3)36-17-9-5-10-18-36)47-34(2)44(52)30-45-43(47)31-55(54-45)51(39-19-11-6-12-20-39,40-21-13-7-14-22-40)41-23-15-8-16-24-41;1-10(2,3)12-6-7-4-8(12)5-11(7)9(13)14/h5-24,27-31,33,35,37H,25-26,32H2,1-4H3;7-8H,4-6H2,1-3H3,(H,13,14)/t33-,35-;7-,8-/m00/s1. The van der Waals surface area contributed by atoms with Gasteiger partial charge in [0.2, 0.25) is 5.88 Å². The summed E-state index contributed by atoms with van der Waals surface area (Å²) in [4.78, 5) is 20.0. The number of fused-ring (bicyclic) bond motifs is 4. The van der Waals surface area contributed by atoms with Crippen LogP contribution in [0.15, 0.2) is 152 Å². The van der Waals surface area contributed by atoms with Gasteiger partial charge in [-0.15, -0.1) is 0 Å². The lowest BCUT2D eigenvalue weighted by Crippen LogP contribution is -2.54. The monoisotopic (exact) mass is 965 g/mol. The van der Waals surface area contributed by atoms with Crippen LogP contribution >= 0.6 is 0 Å². The first kappa shape index (κ1) is 48.5. The molecule has 0 spiro atoms. The van der Waals surface area contributed by atoms with E-state index in [9.17, 15) is 4.79 Å². The molecule has 1 saturated carbocycles. The van der Waals surface area contributed by atoms with E-state index in [4.69, 9.17) is 29.4 Å². The van der Waals surface area contributed by atoms with Gasteiger partial charge >= 0.3 is 6.09 Å². The van der Waals surface area contributed by atoms with Crippen molar-refractivity contribution >= 4 is 27.9 Å². The number of amides is 1. The highest BCUT2D eigenvalue weighted by atomic mass is 19.1. The van der Waals surface area contributed by atoms with Crippen molar-refractivity contribution in [1.82, 2.24) is 24.6 Å². The molecule has 11 heteroatoms. The van der Waals surface area contributed by atoms with E-state index < -0.39 is 11.6 Å². The van der Waals surface area contributed by atoms with Crippen molar-refractivity contribution in [3.8, 4) is 22.8 Å². The molecule has 4 heterocycles. The van der Waals surface area contributed by atoms with Crippen LogP contribution in [0.1, 0.15) is 99.3 Å². The van der Waals surface area contributed by atoms with Crippen LogP contribution in [0.3, 0.4) is 0 Å². The Balaban J connectivity index is 0.000000366. The Kier molecular flexibility index (Phi) is 13.4. The van der Waals surface area contributed by atoms with Crippen LogP contribution in [0.5, 0.6) is 11.6 Å². The van der Waals surface area contributed by atoms with Crippen molar-refractivity contribution in [2.24, 2.45) is 0 Å². The number of rotatable bonds is 13. The van der Waals surface area contributed by atoms with Gasteiger partial charge in [-0.25, -0.2) is 14.2 Å². The lowest BCUT2D eigenvalue weighted by Gasteiger charge is -2.41. The number of ether oxygens (including phenoxy) is 3. The van der Waals surface area contributed by atoms with Crippen LogP contribution in [-0.4, -0.2) is 86.3 Å². The zero-order valence-corrected chi connectivity index (χ0v) is 42.3. The van der Waals surface area contributed by atoms with E-state index in [2.05, 4.69) is 130 Å². The molecule has 2 aliphatic heterocycles. The summed E-state index contributed by atoms with van der Waals surface area (Å²) in [5.41, 5.74) is 7.84. The number of halogens is 1. The molecule has 6 aromatic carbocycles. The third-order valence-electron chi connectivity index (χ3n) is 14.9. The Morgan fingerprint density at radius 3 is 1.92 bits per heavy atom. The SMILES string of the molecule is CC(C)(C)N1C[C@@H]2C[C@H]1CN2C(=O)O.CO[C@@H](C)COc1ccc2cc(C3CC3)c(-c3c(C)c(F)cc4nn(C(c5ccccc5)(c5ccccc5)c5ccccc5)cc34)c(O[C@@H](C)c3ccccc3)c2n1. The maximum Gasteiger partial charge on any atom is 0.407 e. The zero-order valence-electron chi connectivity index (χ0n) is 42.3. The predicted octanol–water partition coefficient (Wildman–Crippen LogP) is 13.2. The molecular formula is C61H64FN5O5. The maximum absolute atomic E-state index is 16.7. The number of benzene rings is 6. The molecule has 2 saturated heterocycles. The van der Waals surface area contributed by atoms with Gasteiger partial charge < -0.3 is 24.2 Å². The summed E-state index contributed by atoms with van der Waals surface area (Å²) in [6.07, 6.45) is 3.97. The van der Waals surface area contributed by atoms with Gasteiger partial charge in [0.1, 0.15) is 29.6 Å². The largest absolute Gasteiger partial charge is 0.483 e. The third-order valence-corrected chi connectivity index (χ3v) is 14.9. The summed E-state index contributed by atoms with van der Waals surface area (Å²) in [6.45, 7) is 14.4. The molecule has 1 N–H and O–H groups in total. The smallest absolute Gasteiger partial charge is 0.407 e. The molecule has 2 bridgehead atoms. The van der Waals surface area contributed by atoms with E-state index in [-0.39, 0.29) is 35.5 Å². The van der Waals surface area contributed by atoms with Crippen molar-refractivity contribution in [3.05, 3.63) is 191 Å². The molecule has 72 heavy (non-hydrogen) atoms. The second kappa shape index (κ2) is 19.8. The van der Waals surface area contributed by atoms with Crippen molar-refractivity contribution in [2.75, 3.05) is 26.8 Å². The number of pyridine rings is 1. The van der Waals surface area contributed by atoms with Gasteiger partial charge in [-0.2, -0.15) is 5.10 Å².